The molecule has 2 N–H and O–H groups in total. The third kappa shape index (κ3) is 2.79. The van der Waals surface area contributed by atoms with Crippen molar-refractivity contribution in [2.75, 3.05) is 20.7 Å². The number of hydrogen-bond acceptors (Lipinski definition) is 7. The van der Waals surface area contributed by atoms with Crippen molar-refractivity contribution in [1.29, 1.82) is 0 Å². The minimum atomic E-state index is -0.820. The molecule has 10 heteroatoms. The standard InChI is InChI=1S/C14H20N6O4/c1-18(2)6-16-14-17-11-10(12(23)19(14)3)15-7-20(11)13-9(22)4-8(5-21)24-13/h6-9,13,21-22H,4-5H2,1-3H3/b16-6+. The Hall–Kier alpha value is -2.30. The fourth-order valence-electron chi connectivity index (χ4n) is 2.60. The van der Waals surface area contributed by atoms with Crippen molar-refractivity contribution < 1.29 is 14.9 Å². The van der Waals surface area contributed by atoms with E-state index in [9.17, 15) is 15.0 Å². The van der Waals surface area contributed by atoms with Gasteiger partial charge in [-0.15, -0.1) is 0 Å². The maximum atomic E-state index is 12.4. The van der Waals surface area contributed by atoms with Gasteiger partial charge < -0.3 is 19.8 Å². The van der Waals surface area contributed by atoms with Crippen LogP contribution in [-0.2, 0) is 11.8 Å². The van der Waals surface area contributed by atoms with E-state index in [1.807, 2.05) is 14.1 Å². The first-order valence-electron chi connectivity index (χ1n) is 7.51. The average molecular weight is 336 g/mol. The predicted molar refractivity (Wildman–Crippen MR) is 86.2 cm³/mol. The van der Waals surface area contributed by atoms with Gasteiger partial charge in [-0.2, -0.15) is 4.98 Å². The van der Waals surface area contributed by atoms with Crippen LogP contribution < -0.4 is 5.56 Å². The van der Waals surface area contributed by atoms with E-state index >= 15 is 0 Å². The Morgan fingerprint density at radius 2 is 2.29 bits per heavy atom. The molecule has 2 aromatic heterocycles. The van der Waals surface area contributed by atoms with Gasteiger partial charge in [0.25, 0.3) is 5.56 Å². The second-order valence-electron chi connectivity index (χ2n) is 5.94. The molecule has 0 radical (unpaired) electrons. The Morgan fingerprint density at radius 3 is 2.92 bits per heavy atom. The first-order valence-corrected chi connectivity index (χ1v) is 7.51. The minimum absolute atomic E-state index is 0.171. The van der Waals surface area contributed by atoms with Gasteiger partial charge in [0.2, 0.25) is 5.95 Å². The molecule has 2 aromatic rings. The van der Waals surface area contributed by atoms with Gasteiger partial charge in [0.05, 0.1) is 25.4 Å². The molecule has 1 saturated heterocycles. The summed E-state index contributed by atoms with van der Waals surface area (Å²) in [7, 11) is 5.18. The van der Waals surface area contributed by atoms with Crippen LogP contribution in [-0.4, -0.2) is 73.5 Å². The number of fused-ring (bicyclic) bond motifs is 1. The van der Waals surface area contributed by atoms with E-state index in [2.05, 4.69) is 15.0 Å². The summed E-state index contributed by atoms with van der Waals surface area (Å²) in [6.07, 6.45) is 1.22. The Balaban J connectivity index is 2.10. The normalized spacial score (nSPS) is 24.3. The zero-order valence-corrected chi connectivity index (χ0v) is 13.7. The number of hydrogen-bond donors (Lipinski definition) is 2. The maximum Gasteiger partial charge on any atom is 0.282 e. The van der Waals surface area contributed by atoms with Crippen molar-refractivity contribution in [1.82, 2.24) is 24.0 Å². The van der Waals surface area contributed by atoms with Gasteiger partial charge in [-0.05, 0) is 0 Å². The van der Waals surface area contributed by atoms with Gasteiger partial charge in [-0.1, -0.05) is 0 Å². The highest BCUT2D eigenvalue weighted by molar-refractivity contribution is 5.71. The van der Waals surface area contributed by atoms with Crippen LogP contribution in [0, 0.1) is 0 Å². The van der Waals surface area contributed by atoms with Crippen molar-refractivity contribution in [2.45, 2.75) is 24.9 Å². The molecule has 3 unspecified atom stereocenters. The summed E-state index contributed by atoms with van der Waals surface area (Å²) in [4.78, 5) is 26.8. The van der Waals surface area contributed by atoms with Crippen molar-refractivity contribution in [3.05, 3.63) is 16.7 Å². The molecule has 130 valence electrons. The van der Waals surface area contributed by atoms with Crippen molar-refractivity contribution in [3.63, 3.8) is 0 Å². The van der Waals surface area contributed by atoms with Crippen LogP contribution in [0.3, 0.4) is 0 Å². The summed E-state index contributed by atoms with van der Waals surface area (Å²) >= 11 is 0. The van der Waals surface area contributed by atoms with Gasteiger partial charge in [0, 0.05) is 27.6 Å². The first kappa shape index (κ1) is 16.6. The summed E-state index contributed by atoms with van der Waals surface area (Å²) in [5.74, 6) is 0.217. The lowest BCUT2D eigenvalue weighted by Gasteiger charge is -2.16. The number of aliphatic hydroxyl groups excluding tert-OH is 2. The molecule has 0 spiro atoms. The van der Waals surface area contributed by atoms with Gasteiger partial charge in [-0.25, -0.2) is 9.98 Å². The monoisotopic (exact) mass is 336 g/mol. The van der Waals surface area contributed by atoms with E-state index in [0.717, 1.165) is 0 Å². The summed E-state index contributed by atoms with van der Waals surface area (Å²) in [5.41, 5.74) is 0.118. The largest absolute Gasteiger partial charge is 0.394 e. The summed E-state index contributed by atoms with van der Waals surface area (Å²) in [6, 6.07) is 0. The van der Waals surface area contributed by atoms with Crippen LogP contribution in [0.2, 0.25) is 0 Å². The number of ether oxygens (including phenoxy) is 1. The quantitative estimate of drug-likeness (QED) is 0.542. The molecule has 1 fully saturated rings. The number of aromatic nitrogens is 4. The van der Waals surface area contributed by atoms with Gasteiger partial charge in [0.1, 0.15) is 6.10 Å². The summed E-state index contributed by atoms with van der Waals surface area (Å²) in [6.45, 7) is -0.187. The summed E-state index contributed by atoms with van der Waals surface area (Å²) in [5, 5.41) is 19.4. The van der Waals surface area contributed by atoms with Crippen LogP contribution >= 0.6 is 0 Å². The molecule has 0 saturated carbocycles. The lowest BCUT2D eigenvalue weighted by atomic mass is 10.2. The third-order valence-corrected chi connectivity index (χ3v) is 3.83. The van der Waals surface area contributed by atoms with E-state index in [1.165, 1.54) is 21.8 Å². The molecule has 10 nitrogen and oxygen atoms in total. The van der Waals surface area contributed by atoms with Crippen LogP contribution in [0.5, 0.6) is 0 Å². The van der Waals surface area contributed by atoms with Crippen LogP contribution in [0.25, 0.3) is 11.2 Å². The second kappa shape index (κ2) is 6.30. The van der Waals surface area contributed by atoms with E-state index in [1.54, 1.807) is 11.9 Å². The highest BCUT2D eigenvalue weighted by Gasteiger charge is 2.36. The van der Waals surface area contributed by atoms with Crippen LogP contribution in [0.4, 0.5) is 5.95 Å². The lowest BCUT2D eigenvalue weighted by molar-refractivity contribution is -0.0486. The average Bonchev–Trinajstić information content (AvgIpc) is 3.12. The molecule has 3 rings (SSSR count). The smallest absolute Gasteiger partial charge is 0.282 e. The fourth-order valence-corrected chi connectivity index (χ4v) is 2.60. The number of nitrogens with zero attached hydrogens (tertiary/aromatic N) is 6. The Morgan fingerprint density at radius 1 is 1.54 bits per heavy atom. The molecular weight excluding hydrogens is 316 g/mol. The van der Waals surface area contributed by atoms with Crippen LogP contribution in [0.15, 0.2) is 16.1 Å². The number of imidazole rings is 1. The summed E-state index contributed by atoms with van der Waals surface area (Å²) < 4.78 is 8.42. The number of aliphatic hydroxyl groups is 2. The van der Waals surface area contributed by atoms with Gasteiger partial charge in [0.15, 0.2) is 17.4 Å². The van der Waals surface area contributed by atoms with Crippen molar-refractivity contribution in [3.8, 4) is 0 Å². The molecule has 24 heavy (non-hydrogen) atoms. The molecule has 0 aromatic carbocycles. The molecule has 0 bridgehead atoms. The molecule has 1 aliphatic heterocycles. The Labute approximate surface area is 137 Å². The lowest BCUT2D eigenvalue weighted by Crippen LogP contribution is -2.22. The second-order valence-corrected chi connectivity index (χ2v) is 5.94. The first-order chi connectivity index (χ1) is 11.4. The highest BCUT2D eigenvalue weighted by atomic mass is 16.5. The maximum absolute atomic E-state index is 12.4. The van der Waals surface area contributed by atoms with Gasteiger partial charge >= 0.3 is 0 Å². The molecule has 3 heterocycles. The van der Waals surface area contributed by atoms with E-state index in [0.29, 0.717) is 6.42 Å². The fraction of sp³-hybridized carbons (Fsp3) is 0.571. The molecule has 1 aliphatic rings. The SMILES string of the molecule is CN(C)/C=N/c1nc2c(ncn2C2OC(CO)CC2O)c(=O)n1C. The highest BCUT2D eigenvalue weighted by Crippen LogP contribution is 2.30. The van der Waals surface area contributed by atoms with Crippen molar-refractivity contribution in [2.24, 2.45) is 12.0 Å². The molecule has 0 aliphatic carbocycles. The zero-order chi connectivity index (χ0) is 17.4. The molecule has 3 atom stereocenters. The molecule has 0 amide bonds. The number of aliphatic imine (C=N–C) groups is 1. The zero-order valence-electron chi connectivity index (χ0n) is 13.7. The topological polar surface area (TPSA) is 118 Å². The van der Waals surface area contributed by atoms with Crippen molar-refractivity contribution >= 4 is 23.5 Å². The number of rotatable bonds is 4. The van der Waals surface area contributed by atoms with E-state index in [-0.39, 0.29) is 29.3 Å². The Kier molecular flexibility index (Phi) is 4.35. The van der Waals surface area contributed by atoms with E-state index < -0.39 is 18.4 Å². The third-order valence-electron chi connectivity index (χ3n) is 3.83. The Bertz CT molecular complexity index is 827. The minimum Gasteiger partial charge on any atom is -0.394 e. The molecular formula is C14H20N6O4. The van der Waals surface area contributed by atoms with E-state index in [4.69, 9.17) is 4.74 Å². The van der Waals surface area contributed by atoms with Gasteiger partial charge in [-0.3, -0.25) is 13.9 Å². The van der Waals surface area contributed by atoms with Crippen LogP contribution in [0.1, 0.15) is 12.6 Å². The predicted octanol–water partition coefficient (Wildman–Crippen LogP) is -1.01.